The van der Waals surface area contributed by atoms with Gasteiger partial charge in [-0.15, -0.1) is 0 Å². The predicted octanol–water partition coefficient (Wildman–Crippen LogP) is 0.318. The molecule has 0 atom stereocenters. The van der Waals surface area contributed by atoms with E-state index in [9.17, 15) is 8.78 Å². The molecule has 0 amide bonds. The zero-order valence-electron chi connectivity index (χ0n) is 6.06. The van der Waals surface area contributed by atoms with Gasteiger partial charge in [0.15, 0.2) is 5.96 Å². The normalized spacial score (nSPS) is 19.0. The Morgan fingerprint density at radius 1 is 1.64 bits per heavy atom. The fourth-order valence-electron chi connectivity index (χ4n) is 0.650. The number of rotatable bonds is 3. The average molecular weight is 163 g/mol. The standard InChI is InChI=1S/C6H11F2N3/c7-5(8)3-10-6(9)11-4-1-2-4/h4-5H,1-3H2,(H3,9,10,11). The number of nitrogens with one attached hydrogen (secondary N) is 1. The minimum Gasteiger partial charge on any atom is -0.370 e. The van der Waals surface area contributed by atoms with Crippen LogP contribution in [0.4, 0.5) is 8.78 Å². The van der Waals surface area contributed by atoms with Gasteiger partial charge in [0.25, 0.3) is 6.43 Å². The van der Waals surface area contributed by atoms with E-state index in [1.165, 1.54) is 0 Å². The van der Waals surface area contributed by atoms with Crippen LogP contribution in [0.3, 0.4) is 0 Å². The molecular weight excluding hydrogens is 152 g/mol. The molecule has 0 aromatic heterocycles. The zero-order chi connectivity index (χ0) is 8.27. The van der Waals surface area contributed by atoms with Crippen molar-refractivity contribution in [3.8, 4) is 0 Å². The summed E-state index contributed by atoms with van der Waals surface area (Å²) in [4.78, 5) is 3.44. The molecule has 1 fully saturated rings. The average Bonchev–Trinajstić information content (AvgIpc) is 2.67. The summed E-state index contributed by atoms with van der Waals surface area (Å²) in [6.45, 7) is -0.508. The van der Waals surface area contributed by atoms with Crippen molar-refractivity contribution in [2.24, 2.45) is 10.7 Å². The van der Waals surface area contributed by atoms with Crippen LogP contribution >= 0.6 is 0 Å². The molecule has 0 heterocycles. The minimum atomic E-state index is -2.41. The highest BCUT2D eigenvalue weighted by atomic mass is 19.3. The van der Waals surface area contributed by atoms with Crippen LogP contribution in [0, 0.1) is 0 Å². The van der Waals surface area contributed by atoms with E-state index >= 15 is 0 Å². The topological polar surface area (TPSA) is 50.4 Å². The smallest absolute Gasteiger partial charge is 0.257 e. The summed E-state index contributed by atoms with van der Waals surface area (Å²) in [7, 11) is 0. The Kier molecular flexibility index (Phi) is 2.62. The molecular formula is C6H11F2N3. The van der Waals surface area contributed by atoms with Crippen LogP contribution in [-0.2, 0) is 0 Å². The van der Waals surface area contributed by atoms with Gasteiger partial charge >= 0.3 is 0 Å². The first kappa shape index (κ1) is 8.23. The third-order valence-electron chi connectivity index (χ3n) is 1.33. The molecule has 3 N–H and O–H groups in total. The van der Waals surface area contributed by atoms with Gasteiger partial charge in [0.05, 0.1) is 0 Å². The van der Waals surface area contributed by atoms with Gasteiger partial charge in [-0.3, -0.25) is 0 Å². The highest BCUT2D eigenvalue weighted by Gasteiger charge is 2.21. The van der Waals surface area contributed by atoms with Crippen molar-refractivity contribution in [1.29, 1.82) is 0 Å². The number of alkyl halides is 2. The lowest BCUT2D eigenvalue weighted by atomic mass is 10.6. The molecule has 11 heavy (non-hydrogen) atoms. The van der Waals surface area contributed by atoms with Crippen molar-refractivity contribution in [1.82, 2.24) is 5.32 Å². The molecule has 5 heteroatoms. The van der Waals surface area contributed by atoms with Crippen molar-refractivity contribution in [2.75, 3.05) is 6.54 Å². The van der Waals surface area contributed by atoms with E-state index in [2.05, 4.69) is 10.3 Å². The molecule has 3 nitrogen and oxygen atoms in total. The van der Waals surface area contributed by atoms with Gasteiger partial charge in [0.1, 0.15) is 6.54 Å². The van der Waals surface area contributed by atoms with Gasteiger partial charge in [-0.25, -0.2) is 13.8 Å². The van der Waals surface area contributed by atoms with E-state index in [1.807, 2.05) is 0 Å². The van der Waals surface area contributed by atoms with Crippen LogP contribution in [0.25, 0.3) is 0 Å². The second-order valence-corrected chi connectivity index (χ2v) is 2.54. The molecule has 64 valence electrons. The van der Waals surface area contributed by atoms with Crippen molar-refractivity contribution >= 4 is 5.96 Å². The minimum absolute atomic E-state index is 0.132. The Hall–Kier alpha value is -0.870. The maximum absolute atomic E-state index is 11.6. The third-order valence-corrected chi connectivity index (χ3v) is 1.33. The summed E-state index contributed by atoms with van der Waals surface area (Å²) in [5.74, 6) is 0.132. The third kappa shape index (κ3) is 3.75. The van der Waals surface area contributed by atoms with Crippen molar-refractivity contribution in [3.05, 3.63) is 0 Å². The van der Waals surface area contributed by atoms with Crippen LogP contribution in [0.2, 0.25) is 0 Å². The van der Waals surface area contributed by atoms with Crippen LogP contribution in [-0.4, -0.2) is 25.0 Å². The second kappa shape index (κ2) is 3.50. The maximum Gasteiger partial charge on any atom is 0.257 e. The highest BCUT2D eigenvalue weighted by Crippen LogP contribution is 2.17. The maximum atomic E-state index is 11.6. The number of nitrogens with zero attached hydrogens (tertiary/aromatic N) is 1. The lowest BCUT2D eigenvalue weighted by Crippen LogP contribution is -2.33. The molecule has 0 unspecified atom stereocenters. The molecule has 1 rings (SSSR count). The Morgan fingerprint density at radius 3 is 2.73 bits per heavy atom. The summed E-state index contributed by atoms with van der Waals surface area (Å²) in [6, 6.07) is 0.372. The molecule has 0 aliphatic heterocycles. The Morgan fingerprint density at radius 2 is 2.27 bits per heavy atom. The van der Waals surface area contributed by atoms with Crippen LogP contribution in [0.5, 0.6) is 0 Å². The molecule has 0 spiro atoms. The monoisotopic (exact) mass is 163 g/mol. The number of nitrogens with two attached hydrogens (primary N) is 1. The van der Waals surface area contributed by atoms with Crippen molar-refractivity contribution in [3.63, 3.8) is 0 Å². The lowest BCUT2D eigenvalue weighted by molar-refractivity contribution is 0.158. The van der Waals surface area contributed by atoms with Gasteiger partial charge in [-0.2, -0.15) is 0 Å². The number of hydrogen-bond acceptors (Lipinski definition) is 1. The van der Waals surface area contributed by atoms with E-state index in [1.54, 1.807) is 0 Å². The molecule has 0 saturated heterocycles. The predicted molar refractivity (Wildman–Crippen MR) is 38.7 cm³/mol. The molecule has 1 aliphatic rings. The second-order valence-electron chi connectivity index (χ2n) is 2.54. The summed E-state index contributed by atoms with van der Waals surface area (Å²) in [5, 5.41) is 2.80. The van der Waals surface area contributed by atoms with Gasteiger partial charge in [0.2, 0.25) is 0 Å². The lowest BCUT2D eigenvalue weighted by Gasteiger charge is -2.01. The highest BCUT2D eigenvalue weighted by molar-refractivity contribution is 5.78. The molecule has 1 saturated carbocycles. The van der Waals surface area contributed by atoms with E-state index in [0.29, 0.717) is 6.04 Å². The summed E-state index contributed by atoms with van der Waals surface area (Å²) in [5.41, 5.74) is 5.27. The van der Waals surface area contributed by atoms with Crippen molar-refractivity contribution < 1.29 is 8.78 Å². The van der Waals surface area contributed by atoms with Crippen LogP contribution in [0.15, 0.2) is 4.99 Å². The molecule has 0 aromatic rings. The van der Waals surface area contributed by atoms with E-state index < -0.39 is 13.0 Å². The number of halogens is 2. The van der Waals surface area contributed by atoms with Gasteiger partial charge in [0, 0.05) is 6.04 Å². The quantitative estimate of drug-likeness (QED) is 0.465. The number of guanidine groups is 1. The fraction of sp³-hybridized carbons (Fsp3) is 0.833. The number of hydrogen-bond donors (Lipinski definition) is 2. The Balaban J connectivity index is 2.15. The van der Waals surface area contributed by atoms with Gasteiger partial charge in [-0.05, 0) is 12.8 Å². The molecule has 1 aliphatic carbocycles. The molecule has 0 bridgehead atoms. The summed E-state index contributed by atoms with van der Waals surface area (Å²) >= 11 is 0. The van der Waals surface area contributed by atoms with Crippen LogP contribution in [0.1, 0.15) is 12.8 Å². The summed E-state index contributed by atoms with van der Waals surface area (Å²) < 4.78 is 23.1. The first-order chi connectivity index (χ1) is 5.18. The van der Waals surface area contributed by atoms with Gasteiger partial charge in [-0.1, -0.05) is 0 Å². The molecule has 0 radical (unpaired) electrons. The first-order valence-corrected chi connectivity index (χ1v) is 3.53. The van der Waals surface area contributed by atoms with E-state index in [-0.39, 0.29) is 5.96 Å². The van der Waals surface area contributed by atoms with E-state index in [4.69, 9.17) is 5.73 Å². The van der Waals surface area contributed by atoms with Crippen molar-refractivity contribution in [2.45, 2.75) is 25.3 Å². The molecule has 0 aromatic carbocycles. The van der Waals surface area contributed by atoms with Crippen LogP contribution < -0.4 is 11.1 Å². The number of aliphatic imine (C=N–C) groups is 1. The Labute approximate surface area is 63.7 Å². The largest absolute Gasteiger partial charge is 0.370 e. The summed E-state index contributed by atoms with van der Waals surface area (Å²) in [6.07, 6.45) is -0.287. The van der Waals surface area contributed by atoms with Gasteiger partial charge < -0.3 is 11.1 Å². The zero-order valence-corrected chi connectivity index (χ0v) is 6.06. The Bertz CT molecular complexity index is 154. The van der Waals surface area contributed by atoms with E-state index in [0.717, 1.165) is 12.8 Å². The SMILES string of the molecule is NC(=NCC(F)F)NC1CC1. The first-order valence-electron chi connectivity index (χ1n) is 3.53. The fourth-order valence-corrected chi connectivity index (χ4v) is 0.650.